The van der Waals surface area contributed by atoms with Crippen LogP contribution in [-0.4, -0.2) is 16.8 Å². The van der Waals surface area contributed by atoms with Crippen molar-refractivity contribution in [1.82, 2.24) is 15.8 Å². The molecule has 2 amide bonds. The van der Waals surface area contributed by atoms with Gasteiger partial charge in [-0.3, -0.25) is 31.3 Å². The number of para-hydroxylation sites is 2. The van der Waals surface area contributed by atoms with Gasteiger partial charge in [-0.05, 0) is 36.4 Å². The predicted molar refractivity (Wildman–Crippen MR) is 99.3 cm³/mol. The molecule has 130 valence electrons. The van der Waals surface area contributed by atoms with E-state index < -0.39 is 11.8 Å². The summed E-state index contributed by atoms with van der Waals surface area (Å²) in [6.45, 7) is 0. The summed E-state index contributed by atoms with van der Waals surface area (Å²) in [6.07, 6.45) is 0. The van der Waals surface area contributed by atoms with Crippen molar-refractivity contribution in [2.75, 3.05) is 10.9 Å². The molecule has 7 heteroatoms. The fraction of sp³-hybridized carbons (Fsp3) is 0. The minimum atomic E-state index is -0.445. The van der Waals surface area contributed by atoms with Gasteiger partial charge in [0.05, 0.1) is 11.4 Å². The van der Waals surface area contributed by atoms with Crippen LogP contribution in [0.4, 0.5) is 11.4 Å². The second-order valence-electron chi connectivity index (χ2n) is 5.30. The van der Waals surface area contributed by atoms with Crippen molar-refractivity contribution in [3.63, 3.8) is 0 Å². The first-order valence-electron chi connectivity index (χ1n) is 7.92. The highest BCUT2D eigenvalue weighted by Crippen LogP contribution is 2.05. The molecular weight excluding hydrogens is 330 g/mol. The smallest absolute Gasteiger partial charge is 0.288 e. The van der Waals surface area contributed by atoms with E-state index in [-0.39, 0.29) is 11.4 Å². The van der Waals surface area contributed by atoms with Crippen molar-refractivity contribution < 1.29 is 9.59 Å². The number of hydrazine groups is 2. The van der Waals surface area contributed by atoms with Crippen LogP contribution in [0.15, 0.2) is 78.9 Å². The first-order valence-corrected chi connectivity index (χ1v) is 7.92. The van der Waals surface area contributed by atoms with Crippen molar-refractivity contribution >= 4 is 23.2 Å². The number of hydrogen-bond acceptors (Lipinski definition) is 5. The largest absolute Gasteiger partial charge is 0.298 e. The number of nitrogens with zero attached hydrogens (tertiary/aromatic N) is 1. The fourth-order valence-electron chi connectivity index (χ4n) is 2.12. The average molecular weight is 347 g/mol. The summed E-state index contributed by atoms with van der Waals surface area (Å²) < 4.78 is 0. The molecule has 26 heavy (non-hydrogen) atoms. The van der Waals surface area contributed by atoms with Gasteiger partial charge in [0.25, 0.3) is 11.8 Å². The van der Waals surface area contributed by atoms with Crippen LogP contribution in [0.2, 0.25) is 0 Å². The van der Waals surface area contributed by atoms with E-state index in [2.05, 4.69) is 26.7 Å². The Hall–Kier alpha value is -3.87. The molecule has 0 aliphatic rings. The molecule has 0 fully saturated rings. The van der Waals surface area contributed by atoms with E-state index in [4.69, 9.17) is 0 Å². The van der Waals surface area contributed by atoms with E-state index in [0.717, 1.165) is 11.4 Å². The van der Waals surface area contributed by atoms with Crippen molar-refractivity contribution in [2.24, 2.45) is 0 Å². The summed E-state index contributed by atoms with van der Waals surface area (Å²) in [5, 5.41) is 0. The molecule has 0 bridgehead atoms. The Morgan fingerprint density at radius 1 is 0.577 bits per heavy atom. The first-order chi connectivity index (χ1) is 12.7. The standard InChI is InChI=1S/C19H17N5O2/c25-18(23-21-14-8-3-1-4-9-14)16-12-7-13-17(20-16)19(26)24-22-15-10-5-2-6-11-15/h1-13,21-22H,(H,23,25)(H,24,26). The Kier molecular flexibility index (Phi) is 5.41. The van der Waals surface area contributed by atoms with Crippen molar-refractivity contribution in [3.8, 4) is 0 Å². The molecule has 4 N–H and O–H groups in total. The van der Waals surface area contributed by atoms with E-state index in [1.165, 1.54) is 12.1 Å². The molecule has 0 aliphatic carbocycles. The second-order valence-corrected chi connectivity index (χ2v) is 5.30. The number of nitrogens with one attached hydrogen (secondary N) is 4. The van der Waals surface area contributed by atoms with Gasteiger partial charge in [-0.1, -0.05) is 42.5 Å². The number of amides is 2. The quantitative estimate of drug-likeness (QED) is 0.514. The predicted octanol–water partition coefficient (Wildman–Crippen LogP) is 2.60. The SMILES string of the molecule is O=C(NNc1ccccc1)c1cccc(C(=O)NNc2ccccc2)n1. The van der Waals surface area contributed by atoms with Crippen LogP contribution in [0.25, 0.3) is 0 Å². The van der Waals surface area contributed by atoms with Crippen LogP contribution in [0.3, 0.4) is 0 Å². The average Bonchev–Trinajstić information content (AvgIpc) is 2.72. The van der Waals surface area contributed by atoms with Gasteiger partial charge < -0.3 is 0 Å². The maximum absolute atomic E-state index is 12.2. The van der Waals surface area contributed by atoms with Gasteiger partial charge in [0.2, 0.25) is 0 Å². The van der Waals surface area contributed by atoms with Crippen LogP contribution in [0.1, 0.15) is 21.0 Å². The van der Waals surface area contributed by atoms with Gasteiger partial charge in [0, 0.05) is 0 Å². The summed E-state index contributed by atoms with van der Waals surface area (Å²) >= 11 is 0. The second kappa shape index (κ2) is 8.29. The molecule has 7 nitrogen and oxygen atoms in total. The third kappa shape index (κ3) is 4.57. The number of hydrogen-bond donors (Lipinski definition) is 4. The van der Waals surface area contributed by atoms with Gasteiger partial charge in [0.1, 0.15) is 11.4 Å². The van der Waals surface area contributed by atoms with E-state index >= 15 is 0 Å². The Morgan fingerprint density at radius 3 is 1.42 bits per heavy atom. The summed E-state index contributed by atoms with van der Waals surface area (Å²) in [4.78, 5) is 28.5. The lowest BCUT2D eigenvalue weighted by atomic mass is 10.3. The Bertz CT molecular complexity index is 814. The molecule has 0 saturated carbocycles. The lowest BCUT2D eigenvalue weighted by Crippen LogP contribution is -2.32. The number of carbonyl (C=O) groups is 2. The molecule has 0 radical (unpaired) electrons. The number of anilines is 2. The van der Waals surface area contributed by atoms with Gasteiger partial charge in [-0.25, -0.2) is 4.98 Å². The molecule has 0 unspecified atom stereocenters. The summed E-state index contributed by atoms with van der Waals surface area (Å²) in [6, 6.07) is 23.0. The third-order valence-electron chi connectivity index (χ3n) is 3.40. The minimum Gasteiger partial charge on any atom is -0.298 e. The summed E-state index contributed by atoms with van der Waals surface area (Å²) in [5.41, 5.74) is 12.4. The van der Waals surface area contributed by atoms with Gasteiger partial charge in [0.15, 0.2) is 0 Å². The summed E-state index contributed by atoms with van der Waals surface area (Å²) in [5.74, 6) is -0.890. The van der Waals surface area contributed by atoms with E-state index in [1.807, 2.05) is 60.7 Å². The molecule has 1 heterocycles. The van der Waals surface area contributed by atoms with Crippen LogP contribution < -0.4 is 21.7 Å². The zero-order chi connectivity index (χ0) is 18.2. The molecule has 3 aromatic rings. The molecule has 1 aromatic heterocycles. The van der Waals surface area contributed by atoms with Crippen molar-refractivity contribution in [2.45, 2.75) is 0 Å². The maximum Gasteiger partial charge on any atom is 0.288 e. The van der Waals surface area contributed by atoms with E-state index in [9.17, 15) is 9.59 Å². The van der Waals surface area contributed by atoms with Crippen molar-refractivity contribution in [1.29, 1.82) is 0 Å². The highest BCUT2D eigenvalue weighted by Gasteiger charge is 2.12. The monoisotopic (exact) mass is 347 g/mol. The van der Waals surface area contributed by atoms with Gasteiger partial charge in [-0.2, -0.15) is 0 Å². The summed E-state index contributed by atoms with van der Waals surface area (Å²) in [7, 11) is 0. The number of aromatic nitrogens is 1. The van der Waals surface area contributed by atoms with Crippen LogP contribution in [0, 0.1) is 0 Å². The molecule has 0 aliphatic heterocycles. The lowest BCUT2D eigenvalue weighted by Gasteiger charge is -2.10. The molecule has 3 rings (SSSR count). The third-order valence-corrected chi connectivity index (χ3v) is 3.40. The van der Waals surface area contributed by atoms with E-state index in [1.54, 1.807) is 6.07 Å². The highest BCUT2D eigenvalue weighted by atomic mass is 16.2. The lowest BCUT2D eigenvalue weighted by molar-refractivity contribution is 0.0953. The van der Waals surface area contributed by atoms with E-state index in [0.29, 0.717) is 0 Å². The first kappa shape index (κ1) is 17.0. The van der Waals surface area contributed by atoms with Crippen molar-refractivity contribution in [3.05, 3.63) is 90.3 Å². The Morgan fingerprint density at radius 2 is 1.00 bits per heavy atom. The van der Waals surface area contributed by atoms with Gasteiger partial charge in [-0.15, -0.1) is 0 Å². The van der Waals surface area contributed by atoms with Crippen LogP contribution in [0.5, 0.6) is 0 Å². The van der Waals surface area contributed by atoms with Gasteiger partial charge >= 0.3 is 0 Å². The van der Waals surface area contributed by atoms with Crippen LogP contribution in [-0.2, 0) is 0 Å². The molecular formula is C19H17N5O2. The number of benzene rings is 2. The zero-order valence-corrected chi connectivity index (χ0v) is 13.8. The molecule has 2 aromatic carbocycles. The number of carbonyl (C=O) groups excluding carboxylic acids is 2. The zero-order valence-electron chi connectivity index (χ0n) is 13.8. The van der Waals surface area contributed by atoms with Crippen LogP contribution >= 0.6 is 0 Å². The fourth-order valence-corrected chi connectivity index (χ4v) is 2.12. The highest BCUT2D eigenvalue weighted by molar-refractivity contribution is 5.96. The number of rotatable bonds is 6. The Labute approximate surface area is 150 Å². The molecule has 0 spiro atoms. The number of pyridine rings is 1. The Balaban J connectivity index is 1.60. The normalized spacial score (nSPS) is 9.85. The molecule has 0 saturated heterocycles. The topological polar surface area (TPSA) is 95.2 Å². The maximum atomic E-state index is 12.2. The molecule has 0 atom stereocenters. The minimum absolute atomic E-state index is 0.126.